The van der Waals surface area contributed by atoms with Gasteiger partial charge in [0.25, 0.3) is 0 Å². The van der Waals surface area contributed by atoms with Crippen molar-refractivity contribution in [3.8, 4) is 0 Å². The number of rotatable bonds is 5. The monoisotopic (exact) mass is 434 g/mol. The Morgan fingerprint density at radius 3 is 2.84 bits per heavy atom. The lowest BCUT2D eigenvalue weighted by molar-refractivity contribution is -0.114. The quantitative estimate of drug-likeness (QED) is 0.376. The van der Waals surface area contributed by atoms with E-state index in [2.05, 4.69) is 25.6 Å². The lowest BCUT2D eigenvalue weighted by Gasteiger charge is -2.16. The number of fused-ring (bicyclic) bond motifs is 2. The Hall–Kier alpha value is -3.60. The molecular formula is C22H22N6O4. The Kier molecular flexibility index (Phi) is 5.17. The van der Waals surface area contributed by atoms with E-state index in [9.17, 15) is 15.0 Å². The van der Waals surface area contributed by atoms with Crippen molar-refractivity contribution in [2.75, 3.05) is 17.2 Å². The fourth-order valence-electron chi connectivity index (χ4n) is 4.02. The van der Waals surface area contributed by atoms with Crippen molar-refractivity contribution >= 4 is 45.0 Å². The second-order valence-corrected chi connectivity index (χ2v) is 7.68. The van der Waals surface area contributed by atoms with E-state index in [4.69, 9.17) is 4.74 Å². The molecule has 1 saturated heterocycles. The highest BCUT2D eigenvalue weighted by atomic mass is 16.5. The van der Waals surface area contributed by atoms with Crippen molar-refractivity contribution in [3.05, 3.63) is 49.1 Å². The molecule has 5 rings (SSSR count). The van der Waals surface area contributed by atoms with Gasteiger partial charge in [0.15, 0.2) is 17.0 Å². The topological polar surface area (TPSA) is 134 Å². The molecule has 0 aliphatic carbocycles. The maximum Gasteiger partial charge on any atom is 0.221 e. The molecule has 1 amide bonds. The number of amides is 1. The zero-order chi connectivity index (χ0) is 22.2. The molecule has 0 unspecified atom stereocenters. The fourth-order valence-corrected chi connectivity index (χ4v) is 4.02. The number of carbonyl (C=O) groups is 1. The first-order chi connectivity index (χ1) is 15.5. The zero-order valence-corrected chi connectivity index (χ0v) is 17.3. The number of benzene rings is 2. The van der Waals surface area contributed by atoms with Crippen LogP contribution in [-0.2, 0) is 9.53 Å². The molecule has 3 heterocycles. The molecule has 1 fully saturated rings. The molecule has 2 aromatic heterocycles. The van der Waals surface area contributed by atoms with Gasteiger partial charge >= 0.3 is 0 Å². The highest BCUT2D eigenvalue weighted by Crippen LogP contribution is 2.36. The van der Waals surface area contributed by atoms with E-state index in [-0.39, 0.29) is 12.5 Å². The predicted molar refractivity (Wildman–Crippen MR) is 118 cm³/mol. The van der Waals surface area contributed by atoms with Crippen molar-refractivity contribution in [2.24, 2.45) is 0 Å². The first-order valence-electron chi connectivity index (χ1n) is 10.2. The summed E-state index contributed by atoms with van der Waals surface area (Å²) in [6.07, 6.45) is 1.41. The number of aromatic nitrogens is 4. The van der Waals surface area contributed by atoms with E-state index in [1.54, 1.807) is 10.9 Å². The second-order valence-electron chi connectivity index (χ2n) is 7.68. The molecule has 0 bridgehead atoms. The number of nitrogens with one attached hydrogen (secondary N) is 2. The lowest BCUT2D eigenvalue weighted by atomic mass is 10.1. The minimum absolute atomic E-state index is 0.184. The van der Waals surface area contributed by atoms with Crippen LogP contribution in [-0.4, -0.2) is 54.5 Å². The molecule has 4 N–H and O–H groups in total. The number of anilines is 3. The van der Waals surface area contributed by atoms with Crippen LogP contribution in [0.15, 0.2) is 49.1 Å². The molecule has 0 spiro atoms. The van der Waals surface area contributed by atoms with Gasteiger partial charge in [0.2, 0.25) is 5.91 Å². The molecule has 1 aliphatic heterocycles. The molecule has 3 atom stereocenters. The van der Waals surface area contributed by atoms with Gasteiger partial charge in [0, 0.05) is 18.7 Å². The summed E-state index contributed by atoms with van der Waals surface area (Å²) in [6, 6.07) is 11.6. The maximum absolute atomic E-state index is 11.8. The number of aliphatic hydroxyl groups is 2. The Morgan fingerprint density at radius 2 is 2.06 bits per heavy atom. The van der Waals surface area contributed by atoms with Crippen LogP contribution < -0.4 is 10.6 Å². The molecule has 32 heavy (non-hydrogen) atoms. The fraction of sp³-hybridized carbons (Fsp3) is 0.273. The smallest absolute Gasteiger partial charge is 0.221 e. The van der Waals surface area contributed by atoms with Gasteiger partial charge < -0.3 is 25.6 Å². The largest absolute Gasteiger partial charge is 0.394 e. The van der Waals surface area contributed by atoms with E-state index in [1.165, 1.54) is 13.3 Å². The molecule has 1 aliphatic rings. The van der Waals surface area contributed by atoms with Gasteiger partial charge in [-0.25, -0.2) is 15.0 Å². The van der Waals surface area contributed by atoms with Crippen LogP contribution in [0.4, 0.5) is 17.2 Å². The highest BCUT2D eigenvalue weighted by Gasteiger charge is 2.35. The van der Waals surface area contributed by atoms with E-state index >= 15 is 0 Å². The Labute approximate surface area is 182 Å². The summed E-state index contributed by atoms with van der Waals surface area (Å²) in [5, 5.41) is 27.6. The van der Waals surface area contributed by atoms with Gasteiger partial charge in [-0.2, -0.15) is 0 Å². The number of nitrogens with zero attached hydrogens (tertiary/aromatic N) is 4. The van der Waals surface area contributed by atoms with E-state index in [0.717, 1.165) is 10.8 Å². The van der Waals surface area contributed by atoms with Gasteiger partial charge in [-0.3, -0.25) is 9.36 Å². The molecule has 0 radical (unpaired) electrons. The number of hydrogen-bond acceptors (Lipinski definition) is 8. The standard InChI is InChI=1S/C22H22N6O4/c1-12(30)26-15-7-6-13-4-2-3-5-14(13)19(15)27-21-20-22(24-10-23-21)28(11-25-20)18-8-16(31)17(9-29)32-18/h2-7,10-11,16-18,29,31H,8-9H2,1H3,(H,26,30)(H,23,24,27)/t16-,17+,18+/m0/s1. The van der Waals surface area contributed by atoms with Crippen LogP contribution in [0.1, 0.15) is 19.6 Å². The lowest BCUT2D eigenvalue weighted by Crippen LogP contribution is -2.24. The van der Waals surface area contributed by atoms with Crippen LogP contribution in [0.2, 0.25) is 0 Å². The SMILES string of the molecule is CC(=O)Nc1ccc2ccccc2c1Nc1ncnc2c1ncn2[C@H]1C[C@H](O)[C@@H](CO)O1. The van der Waals surface area contributed by atoms with Crippen molar-refractivity contribution in [3.63, 3.8) is 0 Å². The normalized spacial score (nSPS) is 20.7. The summed E-state index contributed by atoms with van der Waals surface area (Å²) in [5.74, 6) is 0.282. The van der Waals surface area contributed by atoms with Crippen LogP contribution in [0.3, 0.4) is 0 Å². The predicted octanol–water partition coefficient (Wildman–Crippen LogP) is 2.32. The average molecular weight is 434 g/mol. The van der Waals surface area contributed by atoms with Crippen molar-refractivity contribution < 1.29 is 19.7 Å². The van der Waals surface area contributed by atoms with Gasteiger partial charge in [-0.05, 0) is 11.5 Å². The number of imidazole rings is 1. The van der Waals surface area contributed by atoms with Crippen LogP contribution in [0.25, 0.3) is 21.9 Å². The molecule has 10 heteroatoms. The maximum atomic E-state index is 11.8. The first-order valence-corrected chi connectivity index (χ1v) is 10.2. The van der Waals surface area contributed by atoms with Crippen LogP contribution >= 0.6 is 0 Å². The molecule has 10 nitrogen and oxygen atoms in total. The average Bonchev–Trinajstić information content (AvgIpc) is 3.38. The van der Waals surface area contributed by atoms with Gasteiger partial charge in [-0.1, -0.05) is 30.3 Å². The third-order valence-electron chi connectivity index (χ3n) is 5.54. The summed E-state index contributed by atoms with van der Waals surface area (Å²) in [6.45, 7) is 1.19. The number of ether oxygens (including phenoxy) is 1. The number of aliphatic hydroxyl groups excluding tert-OH is 2. The summed E-state index contributed by atoms with van der Waals surface area (Å²) in [4.78, 5) is 25.0. The van der Waals surface area contributed by atoms with E-state index in [0.29, 0.717) is 34.8 Å². The van der Waals surface area contributed by atoms with Crippen molar-refractivity contribution in [1.29, 1.82) is 0 Å². The highest BCUT2D eigenvalue weighted by molar-refractivity contribution is 6.06. The van der Waals surface area contributed by atoms with Gasteiger partial charge in [0.1, 0.15) is 18.7 Å². The summed E-state index contributed by atoms with van der Waals surface area (Å²) < 4.78 is 7.47. The van der Waals surface area contributed by atoms with E-state index < -0.39 is 18.4 Å². The molecule has 0 saturated carbocycles. The molecule has 4 aromatic rings. The third-order valence-corrected chi connectivity index (χ3v) is 5.54. The summed E-state index contributed by atoms with van der Waals surface area (Å²) >= 11 is 0. The van der Waals surface area contributed by atoms with Gasteiger partial charge in [0.05, 0.1) is 30.4 Å². The minimum Gasteiger partial charge on any atom is -0.394 e. The Morgan fingerprint density at radius 1 is 1.22 bits per heavy atom. The zero-order valence-electron chi connectivity index (χ0n) is 17.3. The van der Waals surface area contributed by atoms with Crippen LogP contribution in [0.5, 0.6) is 0 Å². The minimum atomic E-state index is -0.766. The molecule has 2 aromatic carbocycles. The number of carbonyl (C=O) groups excluding carboxylic acids is 1. The third kappa shape index (κ3) is 3.54. The second kappa shape index (κ2) is 8.15. The Bertz CT molecular complexity index is 1310. The number of hydrogen-bond donors (Lipinski definition) is 4. The van der Waals surface area contributed by atoms with E-state index in [1.807, 2.05) is 36.4 Å². The summed E-state index contributed by atoms with van der Waals surface area (Å²) in [7, 11) is 0. The van der Waals surface area contributed by atoms with Crippen molar-refractivity contribution in [2.45, 2.75) is 31.8 Å². The summed E-state index contributed by atoms with van der Waals surface area (Å²) in [5.41, 5.74) is 2.36. The van der Waals surface area contributed by atoms with Gasteiger partial charge in [-0.15, -0.1) is 0 Å². The van der Waals surface area contributed by atoms with Crippen molar-refractivity contribution in [1.82, 2.24) is 19.5 Å². The Balaban J connectivity index is 1.57. The first kappa shape index (κ1) is 20.3. The molecular weight excluding hydrogens is 412 g/mol. The molecule has 164 valence electrons. The van der Waals surface area contributed by atoms with Crippen LogP contribution in [0, 0.1) is 0 Å².